The number of hydrazone groups is 1. The van der Waals surface area contributed by atoms with E-state index in [1.165, 1.54) is 6.21 Å². The Kier molecular flexibility index (Phi) is 3.96. The number of nitrogens with one attached hydrogen (secondary N) is 1. The second kappa shape index (κ2) is 5.92. The predicted octanol–water partition coefficient (Wildman–Crippen LogP) is 2.34. The second-order valence-electron chi connectivity index (χ2n) is 5.23. The largest absolute Gasteiger partial charge is 0.454 e. The average Bonchev–Trinajstić information content (AvgIpc) is 2.97. The molecule has 0 bridgehead atoms. The third kappa shape index (κ3) is 3.29. The maximum atomic E-state index is 12.3. The summed E-state index contributed by atoms with van der Waals surface area (Å²) in [6, 6.07) is 10.5. The molecule has 23 heavy (non-hydrogen) atoms. The molecule has 0 atom stereocenters. The SMILES string of the molecule is Cc1ccc(C)c(S(=O)(=O)N/N=C\c2ccc3c(c2)OCO3)c1. The number of aryl methyl sites for hydroxylation is 2. The van der Waals surface area contributed by atoms with Gasteiger partial charge in [-0.1, -0.05) is 12.1 Å². The van der Waals surface area contributed by atoms with E-state index < -0.39 is 10.0 Å². The molecule has 0 radical (unpaired) electrons. The van der Waals surface area contributed by atoms with Crippen LogP contribution in [0, 0.1) is 13.8 Å². The Morgan fingerprint density at radius 2 is 1.87 bits per heavy atom. The molecule has 0 spiro atoms. The number of sulfonamides is 1. The quantitative estimate of drug-likeness (QED) is 0.689. The van der Waals surface area contributed by atoms with Crippen molar-refractivity contribution in [2.75, 3.05) is 6.79 Å². The molecule has 1 N–H and O–H groups in total. The van der Waals surface area contributed by atoms with Gasteiger partial charge < -0.3 is 9.47 Å². The molecule has 3 rings (SSSR count). The van der Waals surface area contributed by atoms with Gasteiger partial charge in [-0.25, -0.2) is 4.83 Å². The van der Waals surface area contributed by atoms with E-state index in [1.807, 2.05) is 13.0 Å². The van der Waals surface area contributed by atoms with Crippen LogP contribution in [0.5, 0.6) is 11.5 Å². The van der Waals surface area contributed by atoms with E-state index in [9.17, 15) is 8.42 Å². The molecule has 2 aromatic rings. The van der Waals surface area contributed by atoms with Gasteiger partial charge in [0.25, 0.3) is 10.0 Å². The summed E-state index contributed by atoms with van der Waals surface area (Å²) in [5, 5.41) is 3.83. The maximum absolute atomic E-state index is 12.3. The summed E-state index contributed by atoms with van der Waals surface area (Å²) in [6.07, 6.45) is 1.42. The predicted molar refractivity (Wildman–Crippen MR) is 86.4 cm³/mol. The van der Waals surface area contributed by atoms with Crippen LogP contribution in [-0.4, -0.2) is 21.4 Å². The van der Waals surface area contributed by atoms with Crippen molar-refractivity contribution < 1.29 is 17.9 Å². The molecule has 0 saturated carbocycles. The second-order valence-corrected chi connectivity index (χ2v) is 6.86. The Morgan fingerprint density at radius 3 is 2.70 bits per heavy atom. The molecule has 0 aromatic heterocycles. The number of nitrogens with zero attached hydrogens (tertiary/aromatic N) is 1. The highest BCUT2D eigenvalue weighted by Gasteiger charge is 2.16. The van der Waals surface area contributed by atoms with E-state index in [1.54, 1.807) is 37.3 Å². The number of benzene rings is 2. The van der Waals surface area contributed by atoms with Crippen LogP contribution in [-0.2, 0) is 10.0 Å². The zero-order valence-electron chi connectivity index (χ0n) is 12.7. The van der Waals surface area contributed by atoms with Crippen LogP contribution in [0.2, 0.25) is 0 Å². The first-order chi connectivity index (χ1) is 11.0. The topological polar surface area (TPSA) is 77.0 Å². The molecule has 0 amide bonds. The van der Waals surface area contributed by atoms with Crippen LogP contribution in [0.3, 0.4) is 0 Å². The monoisotopic (exact) mass is 332 g/mol. The van der Waals surface area contributed by atoms with Crippen LogP contribution in [0.1, 0.15) is 16.7 Å². The number of hydrogen-bond acceptors (Lipinski definition) is 5. The molecule has 1 aliphatic heterocycles. The smallest absolute Gasteiger partial charge is 0.276 e. The van der Waals surface area contributed by atoms with Crippen molar-refractivity contribution in [1.82, 2.24) is 4.83 Å². The standard InChI is InChI=1S/C16H16N2O4S/c1-11-3-4-12(2)16(7-11)23(19,20)18-17-9-13-5-6-14-15(8-13)22-10-21-14/h3-9,18H,10H2,1-2H3/b17-9-. The molecule has 6 nitrogen and oxygen atoms in total. The molecule has 0 unspecified atom stereocenters. The Labute approximate surface area is 134 Å². The van der Waals surface area contributed by atoms with E-state index in [4.69, 9.17) is 9.47 Å². The van der Waals surface area contributed by atoms with E-state index in [-0.39, 0.29) is 11.7 Å². The van der Waals surface area contributed by atoms with Gasteiger partial charge in [-0.15, -0.1) is 0 Å². The van der Waals surface area contributed by atoms with Gasteiger partial charge in [-0.3, -0.25) is 0 Å². The van der Waals surface area contributed by atoms with E-state index in [0.29, 0.717) is 22.6 Å². The van der Waals surface area contributed by atoms with Gasteiger partial charge in [-0.2, -0.15) is 13.5 Å². The van der Waals surface area contributed by atoms with Gasteiger partial charge in [-0.05, 0) is 54.8 Å². The highest BCUT2D eigenvalue weighted by Crippen LogP contribution is 2.31. The molecule has 120 valence electrons. The molecule has 7 heteroatoms. The first-order valence-electron chi connectivity index (χ1n) is 6.97. The minimum absolute atomic E-state index is 0.190. The van der Waals surface area contributed by atoms with Crippen LogP contribution in [0.25, 0.3) is 0 Å². The van der Waals surface area contributed by atoms with Crippen molar-refractivity contribution in [1.29, 1.82) is 0 Å². The summed E-state index contributed by atoms with van der Waals surface area (Å²) < 4.78 is 35.1. The molecule has 0 fully saturated rings. The highest BCUT2D eigenvalue weighted by atomic mass is 32.2. The lowest BCUT2D eigenvalue weighted by Gasteiger charge is -2.07. The molecule has 1 aliphatic rings. The minimum Gasteiger partial charge on any atom is -0.454 e. The van der Waals surface area contributed by atoms with Crippen molar-refractivity contribution in [2.45, 2.75) is 18.7 Å². The van der Waals surface area contributed by atoms with Crippen molar-refractivity contribution in [3.63, 3.8) is 0 Å². The number of ether oxygens (including phenoxy) is 2. The third-order valence-corrected chi connectivity index (χ3v) is 4.78. The zero-order chi connectivity index (χ0) is 16.4. The van der Waals surface area contributed by atoms with E-state index in [2.05, 4.69) is 9.93 Å². The fourth-order valence-electron chi connectivity index (χ4n) is 2.21. The maximum Gasteiger partial charge on any atom is 0.276 e. The van der Waals surface area contributed by atoms with Gasteiger partial charge in [0.2, 0.25) is 6.79 Å². The highest BCUT2D eigenvalue weighted by molar-refractivity contribution is 7.89. The fourth-order valence-corrected chi connectivity index (χ4v) is 3.33. The molecule has 1 heterocycles. The Morgan fingerprint density at radius 1 is 1.09 bits per heavy atom. The molecule has 0 saturated heterocycles. The summed E-state index contributed by atoms with van der Waals surface area (Å²) in [5.41, 5.74) is 2.25. The summed E-state index contributed by atoms with van der Waals surface area (Å²) >= 11 is 0. The summed E-state index contributed by atoms with van der Waals surface area (Å²) in [6.45, 7) is 3.78. The van der Waals surface area contributed by atoms with Crippen LogP contribution >= 0.6 is 0 Å². The van der Waals surface area contributed by atoms with E-state index in [0.717, 1.165) is 5.56 Å². The molecule has 0 aliphatic carbocycles. The van der Waals surface area contributed by atoms with Gasteiger partial charge >= 0.3 is 0 Å². The lowest BCUT2D eigenvalue weighted by Crippen LogP contribution is -2.19. The first kappa shape index (κ1) is 15.4. The molecular weight excluding hydrogens is 316 g/mol. The first-order valence-corrected chi connectivity index (χ1v) is 8.46. The zero-order valence-corrected chi connectivity index (χ0v) is 13.6. The molecular formula is C16H16N2O4S. The Bertz CT molecular complexity index is 876. The third-order valence-electron chi connectivity index (χ3n) is 3.42. The molecule has 2 aromatic carbocycles. The Balaban J connectivity index is 1.78. The summed E-state index contributed by atoms with van der Waals surface area (Å²) in [7, 11) is -3.70. The summed E-state index contributed by atoms with van der Waals surface area (Å²) in [5.74, 6) is 1.28. The van der Waals surface area contributed by atoms with Crippen molar-refractivity contribution >= 4 is 16.2 Å². The number of fused-ring (bicyclic) bond motifs is 1. The van der Waals surface area contributed by atoms with E-state index >= 15 is 0 Å². The van der Waals surface area contributed by atoms with Crippen molar-refractivity contribution in [2.24, 2.45) is 5.10 Å². The normalized spacial score (nSPS) is 13.5. The average molecular weight is 332 g/mol. The number of rotatable bonds is 4. The van der Waals surface area contributed by atoms with Crippen LogP contribution in [0.4, 0.5) is 0 Å². The van der Waals surface area contributed by atoms with Gasteiger partial charge in [0, 0.05) is 0 Å². The van der Waals surface area contributed by atoms with Crippen molar-refractivity contribution in [3.05, 3.63) is 53.1 Å². The number of hydrogen-bond donors (Lipinski definition) is 1. The van der Waals surface area contributed by atoms with Crippen LogP contribution in [0.15, 0.2) is 46.4 Å². The van der Waals surface area contributed by atoms with Gasteiger partial charge in [0.15, 0.2) is 11.5 Å². The minimum atomic E-state index is -3.70. The Hall–Kier alpha value is -2.54. The lowest BCUT2D eigenvalue weighted by molar-refractivity contribution is 0.174. The summed E-state index contributed by atoms with van der Waals surface area (Å²) in [4.78, 5) is 2.45. The lowest BCUT2D eigenvalue weighted by atomic mass is 10.2. The van der Waals surface area contributed by atoms with Crippen LogP contribution < -0.4 is 14.3 Å². The van der Waals surface area contributed by atoms with Gasteiger partial charge in [0.1, 0.15) is 0 Å². The fraction of sp³-hybridized carbons (Fsp3) is 0.188. The van der Waals surface area contributed by atoms with Crippen molar-refractivity contribution in [3.8, 4) is 11.5 Å². The van der Waals surface area contributed by atoms with Gasteiger partial charge in [0.05, 0.1) is 11.1 Å².